The molecule has 3 nitrogen and oxygen atoms in total. The predicted molar refractivity (Wildman–Crippen MR) is 47.1 cm³/mol. The van der Waals surface area contributed by atoms with Gasteiger partial charge in [-0.15, -0.1) is 0 Å². The molecule has 0 rings (SSSR count). The molecule has 0 spiro atoms. The molecular weight excluding hydrogens is 210 g/mol. The Morgan fingerprint density at radius 1 is 1.64 bits per heavy atom. The lowest BCUT2D eigenvalue weighted by Gasteiger charge is -2.12. The molecule has 0 saturated heterocycles. The van der Waals surface area contributed by atoms with Crippen molar-refractivity contribution in [2.45, 2.75) is 12.8 Å². The van der Waals surface area contributed by atoms with E-state index < -0.39 is 0 Å². The average molecular weight is 222 g/mol. The lowest BCUT2D eigenvalue weighted by molar-refractivity contribution is -0.168. The van der Waals surface area contributed by atoms with Gasteiger partial charge in [-0.2, -0.15) is 0 Å². The zero-order chi connectivity index (χ0) is 8.85. The highest BCUT2D eigenvalue weighted by Crippen LogP contribution is 2.10. The van der Waals surface area contributed by atoms with E-state index in [2.05, 4.69) is 27.3 Å². The number of allylic oxidation sites excluding steroid dienone is 1. The third kappa shape index (κ3) is 4.98. The fourth-order valence-electron chi connectivity index (χ4n) is 0.502. The standard InChI is InChI=1S/C7H12BrNO2/c1-6(8)4-5-7(10)9(2)11-3/h1,4-5H2,2-3H3. The van der Waals surface area contributed by atoms with Crippen LogP contribution in [-0.2, 0) is 9.63 Å². The maximum atomic E-state index is 11.0. The third-order valence-corrected chi connectivity index (χ3v) is 1.63. The largest absolute Gasteiger partial charge is 0.275 e. The van der Waals surface area contributed by atoms with Crippen LogP contribution in [0.4, 0.5) is 0 Å². The molecule has 11 heavy (non-hydrogen) atoms. The van der Waals surface area contributed by atoms with Crippen molar-refractivity contribution >= 4 is 21.8 Å². The van der Waals surface area contributed by atoms with Gasteiger partial charge in [-0.05, 0) is 10.9 Å². The number of rotatable bonds is 4. The van der Waals surface area contributed by atoms with Crippen molar-refractivity contribution in [1.29, 1.82) is 0 Å². The first-order chi connectivity index (χ1) is 5.07. The molecule has 0 unspecified atom stereocenters. The van der Waals surface area contributed by atoms with E-state index in [0.717, 1.165) is 4.48 Å². The highest BCUT2D eigenvalue weighted by Gasteiger charge is 2.06. The van der Waals surface area contributed by atoms with Gasteiger partial charge in [0.05, 0.1) is 7.11 Å². The Bertz CT molecular complexity index is 159. The molecule has 0 aromatic rings. The van der Waals surface area contributed by atoms with Gasteiger partial charge in [0.15, 0.2) is 0 Å². The van der Waals surface area contributed by atoms with E-state index in [4.69, 9.17) is 0 Å². The molecule has 0 aromatic heterocycles. The second-order valence-electron chi connectivity index (χ2n) is 2.09. The van der Waals surface area contributed by atoms with Crippen LogP contribution < -0.4 is 0 Å². The van der Waals surface area contributed by atoms with E-state index in [9.17, 15) is 4.79 Å². The van der Waals surface area contributed by atoms with Crippen LogP contribution in [-0.4, -0.2) is 25.1 Å². The molecule has 0 aliphatic rings. The van der Waals surface area contributed by atoms with E-state index in [1.165, 1.54) is 12.2 Å². The molecule has 0 radical (unpaired) electrons. The maximum Gasteiger partial charge on any atom is 0.246 e. The van der Waals surface area contributed by atoms with Crippen LogP contribution in [0.25, 0.3) is 0 Å². The van der Waals surface area contributed by atoms with Crippen molar-refractivity contribution in [3.8, 4) is 0 Å². The van der Waals surface area contributed by atoms with Gasteiger partial charge in [-0.3, -0.25) is 9.63 Å². The van der Waals surface area contributed by atoms with E-state index in [-0.39, 0.29) is 5.91 Å². The molecule has 0 saturated carbocycles. The fourth-order valence-corrected chi connectivity index (χ4v) is 0.700. The van der Waals surface area contributed by atoms with E-state index in [1.54, 1.807) is 7.05 Å². The van der Waals surface area contributed by atoms with Gasteiger partial charge in [0, 0.05) is 13.5 Å². The number of hydrogen-bond acceptors (Lipinski definition) is 2. The van der Waals surface area contributed by atoms with Crippen molar-refractivity contribution < 1.29 is 9.63 Å². The van der Waals surface area contributed by atoms with Crippen molar-refractivity contribution in [3.63, 3.8) is 0 Å². The summed E-state index contributed by atoms with van der Waals surface area (Å²) in [5.74, 6) is -0.0481. The second kappa shape index (κ2) is 5.32. The summed E-state index contributed by atoms with van der Waals surface area (Å²) in [7, 11) is 3.04. The number of carbonyl (C=O) groups excluding carboxylic acids is 1. The molecule has 0 N–H and O–H groups in total. The van der Waals surface area contributed by atoms with E-state index in [0.29, 0.717) is 12.8 Å². The normalized spacial score (nSPS) is 9.36. The first kappa shape index (κ1) is 10.7. The predicted octanol–water partition coefficient (Wildman–Crippen LogP) is 1.69. The maximum absolute atomic E-state index is 11.0. The number of hydrogen-bond donors (Lipinski definition) is 0. The molecular formula is C7H12BrNO2. The lowest BCUT2D eigenvalue weighted by atomic mass is 10.3. The van der Waals surface area contributed by atoms with Crippen molar-refractivity contribution in [3.05, 3.63) is 11.1 Å². The molecule has 1 amide bonds. The van der Waals surface area contributed by atoms with E-state index in [1.807, 2.05) is 0 Å². The highest BCUT2D eigenvalue weighted by molar-refractivity contribution is 9.11. The van der Waals surface area contributed by atoms with Gasteiger partial charge in [-0.25, -0.2) is 5.06 Å². The summed E-state index contributed by atoms with van der Waals surface area (Å²) in [5.41, 5.74) is 0. The minimum absolute atomic E-state index is 0.0481. The highest BCUT2D eigenvalue weighted by atomic mass is 79.9. The number of carbonyl (C=O) groups is 1. The summed E-state index contributed by atoms with van der Waals surface area (Å²) >= 11 is 3.17. The molecule has 0 fully saturated rings. The fraction of sp³-hybridized carbons (Fsp3) is 0.571. The summed E-state index contributed by atoms with van der Waals surface area (Å²) in [6, 6.07) is 0. The van der Waals surface area contributed by atoms with Crippen molar-refractivity contribution in [2.75, 3.05) is 14.2 Å². The molecule has 0 aliphatic carbocycles. The molecule has 0 aliphatic heterocycles. The Balaban J connectivity index is 3.60. The Labute approximate surface area is 75.1 Å². The summed E-state index contributed by atoms with van der Waals surface area (Å²) in [4.78, 5) is 15.7. The third-order valence-electron chi connectivity index (χ3n) is 1.24. The van der Waals surface area contributed by atoms with Crippen molar-refractivity contribution in [1.82, 2.24) is 5.06 Å². The zero-order valence-electron chi connectivity index (χ0n) is 6.76. The Kier molecular flexibility index (Phi) is 5.15. The zero-order valence-corrected chi connectivity index (χ0v) is 8.35. The number of nitrogens with zero attached hydrogens (tertiary/aromatic N) is 1. The molecule has 4 heteroatoms. The smallest absolute Gasteiger partial charge is 0.246 e. The van der Waals surface area contributed by atoms with Crippen LogP contribution in [0.15, 0.2) is 11.1 Å². The Morgan fingerprint density at radius 3 is 2.55 bits per heavy atom. The molecule has 64 valence electrons. The van der Waals surface area contributed by atoms with E-state index >= 15 is 0 Å². The van der Waals surface area contributed by atoms with Gasteiger partial charge in [-0.1, -0.05) is 22.5 Å². The summed E-state index contributed by atoms with van der Waals surface area (Å²) in [5, 5.41) is 1.20. The number of hydroxylamine groups is 2. The molecule has 0 atom stereocenters. The molecule has 0 heterocycles. The number of halogens is 1. The monoisotopic (exact) mass is 221 g/mol. The first-order valence-corrected chi connectivity index (χ1v) is 4.01. The topological polar surface area (TPSA) is 29.5 Å². The Hall–Kier alpha value is -0.350. The van der Waals surface area contributed by atoms with Crippen LogP contribution in [0.5, 0.6) is 0 Å². The van der Waals surface area contributed by atoms with Crippen LogP contribution >= 0.6 is 15.9 Å². The van der Waals surface area contributed by atoms with Crippen LogP contribution in [0, 0.1) is 0 Å². The quantitative estimate of drug-likeness (QED) is 0.677. The number of amides is 1. The van der Waals surface area contributed by atoms with Gasteiger partial charge in [0.2, 0.25) is 5.91 Å². The average Bonchev–Trinajstić information content (AvgIpc) is 1.98. The summed E-state index contributed by atoms with van der Waals surface area (Å²) in [6.07, 6.45) is 1.07. The molecule has 0 bridgehead atoms. The summed E-state index contributed by atoms with van der Waals surface area (Å²) in [6.45, 7) is 3.62. The lowest BCUT2D eigenvalue weighted by Crippen LogP contribution is -2.24. The van der Waals surface area contributed by atoms with Crippen LogP contribution in [0.3, 0.4) is 0 Å². The minimum atomic E-state index is -0.0481. The van der Waals surface area contributed by atoms with Gasteiger partial charge in [0.1, 0.15) is 0 Å². The van der Waals surface area contributed by atoms with Crippen LogP contribution in [0.1, 0.15) is 12.8 Å². The van der Waals surface area contributed by atoms with Crippen LogP contribution in [0.2, 0.25) is 0 Å². The van der Waals surface area contributed by atoms with Gasteiger partial charge in [0.25, 0.3) is 0 Å². The molecule has 0 aromatic carbocycles. The van der Waals surface area contributed by atoms with Gasteiger partial charge >= 0.3 is 0 Å². The van der Waals surface area contributed by atoms with Crippen molar-refractivity contribution in [2.24, 2.45) is 0 Å². The Morgan fingerprint density at radius 2 is 2.18 bits per heavy atom. The SMILES string of the molecule is C=C(Br)CCC(=O)N(C)OC. The second-order valence-corrected chi connectivity index (χ2v) is 3.21. The first-order valence-electron chi connectivity index (χ1n) is 3.22. The minimum Gasteiger partial charge on any atom is -0.275 e. The summed E-state index contributed by atoms with van der Waals surface area (Å²) < 4.78 is 0.829. The van der Waals surface area contributed by atoms with Gasteiger partial charge < -0.3 is 0 Å².